The topological polar surface area (TPSA) is 33.0 Å². The van der Waals surface area contributed by atoms with Crippen molar-refractivity contribution in [3.05, 3.63) is 58.6 Å². The maximum absolute atomic E-state index is 8.71. The van der Waals surface area contributed by atoms with Gasteiger partial charge >= 0.3 is 0 Å². The number of hydrogen-bond acceptors (Lipinski definition) is 3. The first-order valence-electron chi connectivity index (χ1n) is 6.30. The van der Waals surface area contributed by atoms with E-state index in [9.17, 15) is 0 Å². The van der Waals surface area contributed by atoms with Gasteiger partial charge in [-0.15, -0.1) is 11.8 Å². The summed E-state index contributed by atoms with van der Waals surface area (Å²) in [5, 5.41) is 8.71. The number of ether oxygens (including phenoxy) is 1. The second kappa shape index (κ2) is 7.98. The van der Waals surface area contributed by atoms with Crippen molar-refractivity contribution in [1.82, 2.24) is 0 Å². The zero-order chi connectivity index (χ0) is 14.2. The van der Waals surface area contributed by atoms with Gasteiger partial charge in [0, 0.05) is 15.1 Å². The van der Waals surface area contributed by atoms with Gasteiger partial charge in [0.15, 0.2) is 0 Å². The Morgan fingerprint density at radius 2 is 1.85 bits per heavy atom. The molecule has 0 saturated heterocycles. The van der Waals surface area contributed by atoms with Crippen molar-refractivity contribution >= 4 is 27.7 Å². The van der Waals surface area contributed by atoms with Crippen LogP contribution in [0.5, 0.6) is 5.75 Å². The summed E-state index contributed by atoms with van der Waals surface area (Å²) in [6.07, 6.45) is 0.978. The van der Waals surface area contributed by atoms with E-state index in [2.05, 4.69) is 34.1 Å². The molecule has 2 rings (SSSR count). The smallest absolute Gasteiger partial charge is 0.119 e. The highest BCUT2D eigenvalue weighted by molar-refractivity contribution is 9.10. The second-order valence-corrected chi connectivity index (χ2v) is 6.11. The highest BCUT2D eigenvalue weighted by atomic mass is 79.9. The van der Waals surface area contributed by atoms with Gasteiger partial charge in [0.1, 0.15) is 5.75 Å². The number of halogens is 1. The average Bonchev–Trinajstić information content (AvgIpc) is 2.49. The Balaban J connectivity index is 1.69. The third kappa shape index (κ3) is 4.59. The van der Waals surface area contributed by atoms with E-state index in [1.807, 2.05) is 36.0 Å². The van der Waals surface area contributed by atoms with Gasteiger partial charge in [-0.3, -0.25) is 0 Å². The summed E-state index contributed by atoms with van der Waals surface area (Å²) in [5.74, 6) is 1.83. The molecule has 0 aliphatic heterocycles. The van der Waals surface area contributed by atoms with Crippen LogP contribution in [0.4, 0.5) is 0 Å². The van der Waals surface area contributed by atoms with Crippen molar-refractivity contribution in [3.8, 4) is 11.8 Å². The summed E-state index contributed by atoms with van der Waals surface area (Å²) in [6, 6.07) is 17.5. The number of rotatable bonds is 6. The molecule has 0 aliphatic carbocycles. The molecule has 20 heavy (non-hydrogen) atoms. The summed E-state index contributed by atoms with van der Waals surface area (Å²) in [4.78, 5) is 1.26. The molecule has 2 aromatic rings. The fraction of sp³-hybridized carbons (Fsp3) is 0.188. The Labute approximate surface area is 131 Å². The van der Waals surface area contributed by atoms with Gasteiger partial charge in [-0.25, -0.2) is 0 Å². The minimum absolute atomic E-state index is 0.654. The third-order valence-electron chi connectivity index (χ3n) is 2.64. The number of nitrogens with zero attached hydrogens (tertiary/aromatic N) is 1. The molecule has 0 radical (unpaired) electrons. The molecule has 0 aromatic heterocycles. The van der Waals surface area contributed by atoms with Crippen molar-refractivity contribution in [2.45, 2.75) is 11.3 Å². The fourth-order valence-corrected chi connectivity index (χ4v) is 3.11. The van der Waals surface area contributed by atoms with Gasteiger partial charge < -0.3 is 4.74 Å². The molecule has 0 N–H and O–H groups in total. The van der Waals surface area contributed by atoms with Crippen LogP contribution < -0.4 is 4.74 Å². The van der Waals surface area contributed by atoms with Crippen molar-refractivity contribution in [2.75, 3.05) is 12.4 Å². The SMILES string of the molecule is N#Cc1ccc(OCCCSc2ccccc2Br)cc1. The summed E-state index contributed by atoms with van der Waals surface area (Å²) in [5.41, 5.74) is 0.654. The Kier molecular flexibility index (Phi) is 5.97. The van der Waals surface area contributed by atoms with Crippen LogP contribution in [0.25, 0.3) is 0 Å². The first-order chi connectivity index (χ1) is 9.79. The minimum Gasteiger partial charge on any atom is -0.494 e. The molecule has 2 aromatic carbocycles. The van der Waals surface area contributed by atoms with Crippen molar-refractivity contribution in [3.63, 3.8) is 0 Å². The summed E-state index contributed by atoms with van der Waals surface area (Å²) in [6.45, 7) is 0.684. The Hall–Kier alpha value is -1.44. The lowest BCUT2D eigenvalue weighted by atomic mass is 10.2. The molecule has 0 amide bonds. The Morgan fingerprint density at radius 1 is 1.10 bits per heavy atom. The second-order valence-electron chi connectivity index (χ2n) is 4.12. The molecular formula is C16H14BrNOS. The van der Waals surface area contributed by atoms with E-state index in [1.165, 1.54) is 4.90 Å². The lowest BCUT2D eigenvalue weighted by Gasteiger charge is -2.06. The molecule has 0 unspecified atom stereocenters. The van der Waals surface area contributed by atoms with E-state index in [-0.39, 0.29) is 0 Å². The number of benzene rings is 2. The first kappa shape index (κ1) is 15.0. The van der Waals surface area contributed by atoms with E-state index in [1.54, 1.807) is 12.1 Å². The van der Waals surface area contributed by atoms with E-state index < -0.39 is 0 Å². The Bertz CT molecular complexity index is 592. The predicted molar refractivity (Wildman–Crippen MR) is 86.1 cm³/mol. The van der Waals surface area contributed by atoms with Crippen LogP contribution in [-0.2, 0) is 0 Å². The highest BCUT2D eigenvalue weighted by Crippen LogP contribution is 2.27. The van der Waals surface area contributed by atoms with Gasteiger partial charge in [-0.05, 0) is 58.7 Å². The van der Waals surface area contributed by atoms with Crippen LogP contribution in [-0.4, -0.2) is 12.4 Å². The van der Waals surface area contributed by atoms with E-state index in [0.717, 1.165) is 22.4 Å². The zero-order valence-electron chi connectivity index (χ0n) is 10.9. The summed E-state index contributed by atoms with van der Waals surface area (Å²) in [7, 11) is 0. The molecule has 0 saturated carbocycles. The van der Waals surface area contributed by atoms with Gasteiger partial charge in [0.25, 0.3) is 0 Å². The van der Waals surface area contributed by atoms with Crippen LogP contribution in [0.3, 0.4) is 0 Å². The van der Waals surface area contributed by atoms with Gasteiger partial charge in [-0.1, -0.05) is 12.1 Å². The molecule has 0 bridgehead atoms. The third-order valence-corrected chi connectivity index (χ3v) is 4.75. The quantitative estimate of drug-likeness (QED) is 0.551. The average molecular weight is 348 g/mol. The van der Waals surface area contributed by atoms with Gasteiger partial charge in [0.2, 0.25) is 0 Å². The molecule has 0 fully saturated rings. The molecular weight excluding hydrogens is 334 g/mol. The first-order valence-corrected chi connectivity index (χ1v) is 8.08. The minimum atomic E-state index is 0.654. The molecule has 0 heterocycles. The number of hydrogen-bond donors (Lipinski definition) is 0. The van der Waals surface area contributed by atoms with Crippen LogP contribution in [0.15, 0.2) is 57.9 Å². The fourth-order valence-electron chi connectivity index (χ4n) is 1.62. The predicted octanol–water partition coefficient (Wildman–Crippen LogP) is 4.88. The summed E-state index contributed by atoms with van der Waals surface area (Å²) < 4.78 is 6.78. The Morgan fingerprint density at radius 3 is 2.55 bits per heavy atom. The lowest BCUT2D eigenvalue weighted by molar-refractivity contribution is 0.318. The highest BCUT2D eigenvalue weighted by Gasteiger charge is 1.99. The van der Waals surface area contributed by atoms with Crippen LogP contribution in [0.2, 0.25) is 0 Å². The molecule has 0 aliphatic rings. The van der Waals surface area contributed by atoms with E-state index >= 15 is 0 Å². The van der Waals surface area contributed by atoms with Crippen molar-refractivity contribution < 1.29 is 4.74 Å². The largest absolute Gasteiger partial charge is 0.494 e. The normalized spacial score (nSPS) is 10.0. The van der Waals surface area contributed by atoms with E-state index in [0.29, 0.717) is 12.2 Å². The maximum Gasteiger partial charge on any atom is 0.119 e. The van der Waals surface area contributed by atoms with Crippen LogP contribution >= 0.6 is 27.7 Å². The van der Waals surface area contributed by atoms with Gasteiger partial charge in [0.05, 0.1) is 18.2 Å². The standard InChI is InChI=1S/C16H14BrNOS/c17-15-4-1-2-5-16(15)20-11-3-10-19-14-8-6-13(12-18)7-9-14/h1-2,4-9H,3,10-11H2. The molecule has 4 heteroatoms. The number of nitriles is 1. The molecule has 0 spiro atoms. The molecule has 2 nitrogen and oxygen atoms in total. The number of thioether (sulfide) groups is 1. The van der Waals surface area contributed by atoms with Gasteiger partial charge in [-0.2, -0.15) is 5.26 Å². The molecule has 102 valence electrons. The van der Waals surface area contributed by atoms with E-state index in [4.69, 9.17) is 10.00 Å². The monoisotopic (exact) mass is 347 g/mol. The molecule has 0 atom stereocenters. The maximum atomic E-state index is 8.71. The summed E-state index contributed by atoms with van der Waals surface area (Å²) >= 11 is 5.36. The van der Waals surface area contributed by atoms with Crippen LogP contribution in [0.1, 0.15) is 12.0 Å². The lowest BCUT2D eigenvalue weighted by Crippen LogP contribution is -1.98. The van der Waals surface area contributed by atoms with Crippen molar-refractivity contribution in [1.29, 1.82) is 5.26 Å². The zero-order valence-corrected chi connectivity index (χ0v) is 13.3. The van der Waals surface area contributed by atoms with Crippen molar-refractivity contribution in [2.24, 2.45) is 0 Å². The van der Waals surface area contributed by atoms with Crippen LogP contribution in [0, 0.1) is 11.3 Å².